The van der Waals surface area contributed by atoms with E-state index in [0.717, 1.165) is 15.9 Å². The van der Waals surface area contributed by atoms with Crippen LogP contribution in [0, 0.1) is 6.92 Å². The van der Waals surface area contributed by atoms with Gasteiger partial charge in [0.2, 0.25) is 0 Å². The van der Waals surface area contributed by atoms with Gasteiger partial charge in [-0.1, -0.05) is 32.9 Å². The zero-order valence-corrected chi connectivity index (χ0v) is 14.0. The van der Waals surface area contributed by atoms with Crippen LogP contribution in [0.1, 0.15) is 37.6 Å². The Kier molecular flexibility index (Phi) is 4.48. The van der Waals surface area contributed by atoms with Crippen LogP contribution in [0.25, 0.3) is 0 Å². The van der Waals surface area contributed by atoms with Crippen molar-refractivity contribution in [3.05, 3.63) is 57.8 Å². The highest BCUT2D eigenvalue weighted by molar-refractivity contribution is 9.10. The van der Waals surface area contributed by atoms with Crippen LogP contribution in [-0.2, 0) is 12.0 Å². The highest BCUT2D eigenvalue weighted by Gasteiger charge is 2.19. The predicted octanol–water partition coefficient (Wildman–Crippen LogP) is 5.03. The van der Waals surface area contributed by atoms with Crippen LogP contribution < -0.4 is 4.74 Å². The van der Waals surface area contributed by atoms with Gasteiger partial charge in [-0.3, -0.25) is 4.98 Å². The first-order chi connectivity index (χ1) is 9.36. The third-order valence-corrected chi connectivity index (χ3v) is 3.58. The molecule has 3 heteroatoms. The summed E-state index contributed by atoms with van der Waals surface area (Å²) in [7, 11) is 0. The highest BCUT2D eigenvalue weighted by atomic mass is 79.9. The molecule has 0 aliphatic carbocycles. The van der Waals surface area contributed by atoms with Gasteiger partial charge in [0, 0.05) is 10.7 Å². The van der Waals surface area contributed by atoms with E-state index in [9.17, 15) is 0 Å². The van der Waals surface area contributed by atoms with Crippen LogP contribution in [0.15, 0.2) is 41.0 Å². The number of ether oxygens (including phenoxy) is 1. The number of pyridine rings is 1. The number of hydrogen-bond acceptors (Lipinski definition) is 2. The molecule has 1 aromatic carbocycles. The second kappa shape index (κ2) is 5.96. The van der Waals surface area contributed by atoms with Crippen molar-refractivity contribution in [3.63, 3.8) is 0 Å². The Labute approximate surface area is 129 Å². The van der Waals surface area contributed by atoms with E-state index in [1.165, 1.54) is 11.1 Å². The molecule has 1 heterocycles. The van der Waals surface area contributed by atoms with E-state index in [-0.39, 0.29) is 5.41 Å². The molecule has 0 aliphatic rings. The summed E-state index contributed by atoms with van der Waals surface area (Å²) < 4.78 is 6.97. The maximum absolute atomic E-state index is 5.99. The van der Waals surface area contributed by atoms with Crippen molar-refractivity contribution in [3.8, 4) is 5.75 Å². The van der Waals surface area contributed by atoms with Crippen molar-refractivity contribution >= 4 is 15.9 Å². The van der Waals surface area contributed by atoms with Crippen LogP contribution in [0.3, 0.4) is 0 Å². The smallest absolute Gasteiger partial charge is 0.130 e. The average molecular weight is 334 g/mol. The second-order valence-corrected chi connectivity index (χ2v) is 6.92. The van der Waals surface area contributed by atoms with E-state index in [1.807, 2.05) is 12.1 Å². The maximum atomic E-state index is 5.99. The minimum atomic E-state index is 0.0657. The molecule has 1 aromatic heterocycles. The minimum Gasteiger partial charge on any atom is -0.487 e. The summed E-state index contributed by atoms with van der Waals surface area (Å²) in [6.07, 6.45) is 1.79. The third-order valence-electron chi connectivity index (χ3n) is 3.11. The van der Waals surface area contributed by atoms with E-state index >= 15 is 0 Å². The number of aryl methyl sites for hydroxylation is 1. The Morgan fingerprint density at radius 2 is 1.90 bits per heavy atom. The molecule has 0 saturated heterocycles. The van der Waals surface area contributed by atoms with Gasteiger partial charge < -0.3 is 4.74 Å². The summed E-state index contributed by atoms with van der Waals surface area (Å²) in [6.45, 7) is 9.16. The first-order valence-corrected chi connectivity index (χ1v) is 7.50. The Morgan fingerprint density at radius 1 is 1.15 bits per heavy atom. The quantitative estimate of drug-likeness (QED) is 0.785. The average Bonchev–Trinajstić information content (AvgIpc) is 2.36. The topological polar surface area (TPSA) is 22.1 Å². The lowest BCUT2D eigenvalue weighted by Gasteiger charge is -2.23. The molecule has 0 N–H and O–H groups in total. The predicted molar refractivity (Wildman–Crippen MR) is 86.1 cm³/mol. The standard InChI is InChI=1S/C17H20BrNO/c1-12-5-8-15(17(2,3)4)16(9-12)20-11-14-7-6-13(18)10-19-14/h5-10H,11H2,1-4H3. The first kappa shape index (κ1) is 15.0. The van der Waals surface area contributed by atoms with Gasteiger partial charge in [0.05, 0.1) is 5.69 Å². The van der Waals surface area contributed by atoms with Gasteiger partial charge in [-0.15, -0.1) is 0 Å². The van der Waals surface area contributed by atoms with Gasteiger partial charge in [0.25, 0.3) is 0 Å². The molecule has 0 radical (unpaired) electrons. The summed E-state index contributed by atoms with van der Waals surface area (Å²) in [4.78, 5) is 4.34. The molecule has 2 rings (SSSR count). The Morgan fingerprint density at radius 3 is 2.50 bits per heavy atom. The van der Waals surface area contributed by atoms with E-state index in [2.05, 4.69) is 66.8 Å². The van der Waals surface area contributed by atoms with E-state index in [0.29, 0.717) is 6.61 Å². The Bertz CT molecular complexity index is 585. The van der Waals surface area contributed by atoms with Gasteiger partial charge in [-0.05, 0) is 57.6 Å². The fraction of sp³-hybridized carbons (Fsp3) is 0.353. The van der Waals surface area contributed by atoms with E-state index in [4.69, 9.17) is 4.74 Å². The highest BCUT2D eigenvalue weighted by Crippen LogP contribution is 2.32. The summed E-state index contributed by atoms with van der Waals surface area (Å²) in [5.74, 6) is 0.946. The van der Waals surface area contributed by atoms with Crippen LogP contribution in [-0.4, -0.2) is 4.98 Å². The van der Waals surface area contributed by atoms with Gasteiger partial charge in [0.1, 0.15) is 12.4 Å². The molecular formula is C17H20BrNO. The molecule has 0 aliphatic heterocycles. The van der Waals surface area contributed by atoms with E-state index < -0.39 is 0 Å². The lowest BCUT2D eigenvalue weighted by molar-refractivity contribution is 0.293. The molecule has 0 atom stereocenters. The lowest BCUT2D eigenvalue weighted by Crippen LogP contribution is -2.13. The summed E-state index contributed by atoms with van der Waals surface area (Å²) in [6, 6.07) is 10.3. The number of hydrogen-bond donors (Lipinski definition) is 0. The van der Waals surface area contributed by atoms with Crippen LogP contribution in [0.2, 0.25) is 0 Å². The Balaban J connectivity index is 2.20. The zero-order chi connectivity index (χ0) is 14.8. The van der Waals surface area contributed by atoms with Crippen LogP contribution in [0.5, 0.6) is 5.75 Å². The first-order valence-electron chi connectivity index (χ1n) is 6.70. The number of rotatable bonds is 3. The minimum absolute atomic E-state index is 0.0657. The largest absolute Gasteiger partial charge is 0.487 e. The van der Waals surface area contributed by atoms with Gasteiger partial charge >= 0.3 is 0 Å². The molecule has 0 fully saturated rings. The van der Waals surface area contributed by atoms with Crippen molar-refractivity contribution < 1.29 is 4.74 Å². The van der Waals surface area contributed by atoms with Crippen molar-refractivity contribution in [2.75, 3.05) is 0 Å². The molecule has 0 amide bonds. The normalized spacial score (nSPS) is 11.4. The molecule has 2 aromatic rings. The van der Waals surface area contributed by atoms with Crippen molar-refractivity contribution in [2.24, 2.45) is 0 Å². The molecule has 20 heavy (non-hydrogen) atoms. The fourth-order valence-electron chi connectivity index (χ4n) is 2.01. The maximum Gasteiger partial charge on any atom is 0.130 e. The number of benzene rings is 1. The van der Waals surface area contributed by atoms with Crippen LogP contribution in [0.4, 0.5) is 0 Å². The number of nitrogens with zero attached hydrogens (tertiary/aromatic N) is 1. The third kappa shape index (κ3) is 3.83. The van der Waals surface area contributed by atoms with Crippen molar-refractivity contribution in [2.45, 2.75) is 39.7 Å². The van der Waals surface area contributed by atoms with Gasteiger partial charge in [-0.2, -0.15) is 0 Å². The summed E-state index contributed by atoms with van der Waals surface area (Å²) in [5.41, 5.74) is 3.42. The second-order valence-electron chi connectivity index (χ2n) is 6.01. The number of aromatic nitrogens is 1. The van der Waals surface area contributed by atoms with Gasteiger partial charge in [0.15, 0.2) is 0 Å². The van der Waals surface area contributed by atoms with Crippen LogP contribution >= 0.6 is 15.9 Å². The summed E-state index contributed by atoms with van der Waals surface area (Å²) in [5, 5.41) is 0. The molecule has 106 valence electrons. The SMILES string of the molecule is Cc1ccc(C(C)(C)C)c(OCc2ccc(Br)cn2)c1. The summed E-state index contributed by atoms with van der Waals surface area (Å²) >= 11 is 3.39. The van der Waals surface area contributed by atoms with Gasteiger partial charge in [-0.25, -0.2) is 0 Å². The molecule has 0 spiro atoms. The van der Waals surface area contributed by atoms with Crippen molar-refractivity contribution in [1.29, 1.82) is 0 Å². The number of halogens is 1. The van der Waals surface area contributed by atoms with E-state index in [1.54, 1.807) is 6.20 Å². The van der Waals surface area contributed by atoms with Crippen molar-refractivity contribution in [1.82, 2.24) is 4.98 Å². The monoisotopic (exact) mass is 333 g/mol. The molecule has 2 nitrogen and oxygen atoms in total. The molecular weight excluding hydrogens is 314 g/mol. The molecule has 0 unspecified atom stereocenters. The fourth-order valence-corrected chi connectivity index (χ4v) is 2.25. The Hall–Kier alpha value is -1.35. The molecule has 0 bridgehead atoms. The molecule has 0 saturated carbocycles. The lowest BCUT2D eigenvalue weighted by atomic mass is 9.86. The zero-order valence-electron chi connectivity index (χ0n) is 12.4.